The Balaban J connectivity index is 2.46. The van der Waals surface area contributed by atoms with Crippen LogP contribution >= 0.6 is 0 Å². The third-order valence-corrected chi connectivity index (χ3v) is 16.5. The van der Waals surface area contributed by atoms with Crippen molar-refractivity contribution in [1.29, 1.82) is 0 Å². The molecule has 0 nitrogen and oxygen atoms in total. The molecule has 0 radical (unpaired) electrons. The summed E-state index contributed by atoms with van der Waals surface area (Å²) in [5.74, 6) is 0. The molecule has 1 aliphatic carbocycles. The molecule has 0 fully saturated rings. The van der Waals surface area contributed by atoms with E-state index < -0.39 is 8.07 Å². The van der Waals surface area contributed by atoms with Gasteiger partial charge in [0.1, 0.15) is 0 Å². The van der Waals surface area contributed by atoms with Gasteiger partial charge in [-0.25, -0.2) is 0 Å². The van der Waals surface area contributed by atoms with Crippen molar-refractivity contribution in [3.8, 4) is 0 Å². The van der Waals surface area contributed by atoms with Crippen molar-refractivity contribution in [3.05, 3.63) is 112 Å². The van der Waals surface area contributed by atoms with Crippen molar-refractivity contribution in [2.24, 2.45) is 5.41 Å². The maximum absolute atomic E-state index is 2.94. The van der Waals surface area contributed by atoms with Crippen LogP contribution in [0.2, 0.25) is 5.54 Å². The SMILES string of the molecule is CC(C)(C)C1=CC([Si](c2cc(C(C)(C)C)cc(C(C)(C)C)c2)(c2cc(C(C)(C)C)cc(C(C)(C)C)c2)c2cc(C(C)(C)C)cc(C(C)(C)C)c2)C=C1. The van der Waals surface area contributed by atoms with E-state index >= 15 is 0 Å². The molecule has 0 aliphatic heterocycles. The summed E-state index contributed by atoms with van der Waals surface area (Å²) in [6.45, 7) is 50.2. The molecule has 1 atom stereocenters. The first-order valence-corrected chi connectivity index (χ1v) is 22.1. The van der Waals surface area contributed by atoms with Crippen LogP contribution in [0.1, 0.15) is 179 Å². The van der Waals surface area contributed by atoms with E-state index in [1.165, 1.54) is 54.5 Å². The summed E-state index contributed by atoms with van der Waals surface area (Å²) in [6.07, 6.45) is 7.77. The number of allylic oxidation sites excluding steroid dienone is 4. The van der Waals surface area contributed by atoms with E-state index in [0.29, 0.717) is 0 Å². The van der Waals surface area contributed by atoms with Gasteiger partial charge in [0.2, 0.25) is 0 Å². The smallest absolute Gasteiger partial charge is 0.0790 e. The molecule has 0 amide bonds. The number of hydrogen-bond acceptors (Lipinski definition) is 0. The van der Waals surface area contributed by atoms with Crippen molar-refractivity contribution < 1.29 is 0 Å². The maximum Gasteiger partial charge on any atom is 0.158 e. The molecule has 0 aromatic heterocycles. The molecule has 52 heavy (non-hydrogen) atoms. The Hall–Kier alpha value is -2.64. The van der Waals surface area contributed by atoms with Gasteiger partial charge in [-0.05, 0) is 92.4 Å². The highest BCUT2D eigenvalue weighted by Crippen LogP contribution is 2.42. The fourth-order valence-corrected chi connectivity index (χ4v) is 12.8. The second kappa shape index (κ2) is 13.3. The van der Waals surface area contributed by atoms with E-state index in [-0.39, 0.29) is 43.4 Å². The maximum atomic E-state index is 2.69. The van der Waals surface area contributed by atoms with Gasteiger partial charge in [-0.3, -0.25) is 0 Å². The third-order valence-electron chi connectivity index (χ3n) is 11.6. The molecule has 4 rings (SSSR count). The van der Waals surface area contributed by atoms with Crippen LogP contribution in [0.4, 0.5) is 0 Å². The molecule has 3 aromatic rings. The highest BCUT2D eigenvalue weighted by atomic mass is 28.3. The molecule has 1 aliphatic rings. The summed E-state index contributed by atoms with van der Waals surface area (Å²) >= 11 is 0. The zero-order chi connectivity index (χ0) is 39.8. The Bertz CT molecular complexity index is 1560. The zero-order valence-corrected chi connectivity index (χ0v) is 38.5. The zero-order valence-electron chi connectivity index (χ0n) is 37.5. The van der Waals surface area contributed by atoms with Crippen LogP contribution in [0.3, 0.4) is 0 Å². The summed E-state index contributed by atoms with van der Waals surface area (Å²) in [4.78, 5) is 0. The van der Waals surface area contributed by atoms with E-state index in [9.17, 15) is 0 Å². The van der Waals surface area contributed by atoms with Gasteiger partial charge in [-0.15, -0.1) is 0 Å². The molecule has 3 aromatic carbocycles. The lowest BCUT2D eigenvalue weighted by atomic mass is 9.80. The van der Waals surface area contributed by atoms with Gasteiger partial charge < -0.3 is 0 Å². The molecule has 0 bridgehead atoms. The Morgan fingerprint density at radius 2 is 0.558 bits per heavy atom. The molecule has 0 heterocycles. The lowest BCUT2D eigenvalue weighted by Crippen LogP contribution is -2.70. The van der Waals surface area contributed by atoms with Crippen LogP contribution in [0.25, 0.3) is 0 Å². The van der Waals surface area contributed by atoms with Crippen LogP contribution in [0, 0.1) is 5.41 Å². The second-order valence-electron chi connectivity index (χ2n) is 23.5. The molecule has 1 unspecified atom stereocenters. The predicted molar refractivity (Wildman–Crippen MR) is 237 cm³/mol. The van der Waals surface area contributed by atoms with Crippen molar-refractivity contribution in [1.82, 2.24) is 0 Å². The molecular formula is C51H76Si. The van der Waals surface area contributed by atoms with Gasteiger partial charge in [-0.1, -0.05) is 218 Å². The standard InChI is InChI=1S/C51H76Si/c1-45(2,3)34-22-23-41(27-34)52(42-28-35(46(4,5)6)24-36(29-42)47(7,8)9,43-30-37(48(10,11)12)25-38(31-43)49(13,14)15)44-32-39(50(16,17)18)26-40(33-44)51(19,20)21/h22-33,41H,1-21H3. The fraction of sp³-hybridized carbons (Fsp3) is 0.569. The van der Waals surface area contributed by atoms with Crippen LogP contribution in [0.15, 0.2) is 78.4 Å². The molecule has 1 heteroatoms. The van der Waals surface area contributed by atoms with E-state index in [0.717, 1.165) is 0 Å². The van der Waals surface area contributed by atoms with Gasteiger partial charge in [-0.2, -0.15) is 0 Å². The van der Waals surface area contributed by atoms with Crippen molar-refractivity contribution in [2.75, 3.05) is 0 Å². The Morgan fingerprint density at radius 3 is 0.731 bits per heavy atom. The van der Waals surface area contributed by atoms with Gasteiger partial charge in [0.25, 0.3) is 0 Å². The minimum absolute atomic E-state index is 0.00172. The van der Waals surface area contributed by atoms with Gasteiger partial charge in [0.05, 0.1) is 0 Å². The molecule has 0 saturated heterocycles. The Morgan fingerprint density at radius 1 is 0.327 bits per heavy atom. The van der Waals surface area contributed by atoms with Crippen LogP contribution in [-0.2, 0) is 32.5 Å². The van der Waals surface area contributed by atoms with Crippen LogP contribution in [-0.4, -0.2) is 8.07 Å². The molecular weight excluding hydrogens is 641 g/mol. The van der Waals surface area contributed by atoms with E-state index in [1.54, 1.807) is 0 Å². The number of hydrogen-bond donors (Lipinski definition) is 0. The van der Waals surface area contributed by atoms with Gasteiger partial charge in [0.15, 0.2) is 8.07 Å². The van der Waals surface area contributed by atoms with Gasteiger partial charge in [0, 0.05) is 5.54 Å². The van der Waals surface area contributed by atoms with E-state index in [2.05, 4.69) is 218 Å². The Kier molecular flexibility index (Phi) is 10.8. The molecule has 0 spiro atoms. The third kappa shape index (κ3) is 8.67. The van der Waals surface area contributed by atoms with Crippen LogP contribution in [0.5, 0.6) is 0 Å². The minimum atomic E-state index is -2.94. The highest BCUT2D eigenvalue weighted by Gasteiger charge is 2.49. The number of rotatable bonds is 4. The summed E-state index contributed by atoms with van der Waals surface area (Å²) in [5, 5.41) is 4.59. The van der Waals surface area contributed by atoms with Crippen molar-refractivity contribution in [3.63, 3.8) is 0 Å². The summed E-state index contributed by atoms with van der Waals surface area (Å²) < 4.78 is 0. The lowest BCUT2D eigenvalue weighted by Gasteiger charge is -2.42. The Labute approximate surface area is 323 Å². The van der Waals surface area contributed by atoms with Crippen molar-refractivity contribution in [2.45, 2.75) is 183 Å². The summed E-state index contributed by atoms with van der Waals surface area (Å²) in [7, 11) is -2.94. The normalized spacial score (nSPS) is 16.8. The van der Waals surface area contributed by atoms with Crippen LogP contribution < -0.4 is 15.6 Å². The first-order valence-electron chi connectivity index (χ1n) is 20.1. The highest BCUT2D eigenvalue weighted by molar-refractivity contribution is 7.13. The van der Waals surface area contributed by atoms with E-state index in [4.69, 9.17) is 0 Å². The fourth-order valence-electron chi connectivity index (χ4n) is 7.52. The average molecular weight is 717 g/mol. The average Bonchev–Trinajstić information content (AvgIpc) is 3.46. The van der Waals surface area contributed by atoms with Crippen molar-refractivity contribution >= 4 is 23.6 Å². The molecule has 0 saturated carbocycles. The topological polar surface area (TPSA) is 0 Å². The largest absolute Gasteiger partial charge is 0.158 e. The monoisotopic (exact) mass is 717 g/mol. The molecule has 284 valence electrons. The summed E-state index contributed by atoms with van der Waals surface area (Å²) in [6, 6.07) is 23.5. The summed E-state index contributed by atoms with van der Waals surface area (Å²) in [5.41, 5.74) is 10.3. The quantitative estimate of drug-likeness (QED) is 0.186. The first-order chi connectivity index (χ1) is 23.2. The number of benzene rings is 3. The predicted octanol–water partition coefficient (Wildman–Crippen LogP) is 12.9. The minimum Gasteiger partial charge on any atom is -0.0790 e. The van der Waals surface area contributed by atoms with Gasteiger partial charge >= 0.3 is 0 Å². The molecule has 0 N–H and O–H groups in total. The second-order valence-corrected chi connectivity index (χ2v) is 27.5. The lowest BCUT2D eigenvalue weighted by molar-refractivity contribution is 0.518. The van der Waals surface area contributed by atoms with E-state index in [1.807, 2.05) is 0 Å². The first kappa shape index (κ1) is 42.1.